The van der Waals surface area contributed by atoms with Gasteiger partial charge in [-0.1, -0.05) is 35.9 Å². The average molecular weight is 466 g/mol. The Kier molecular flexibility index (Phi) is 5.27. The summed E-state index contributed by atoms with van der Waals surface area (Å²) in [5.41, 5.74) is 5.85. The minimum atomic E-state index is -1.65. The molecule has 0 bridgehead atoms. The third-order valence-electron chi connectivity index (χ3n) is 6.08. The van der Waals surface area contributed by atoms with Gasteiger partial charge in [0.1, 0.15) is 11.5 Å². The van der Waals surface area contributed by atoms with Crippen molar-refractivity contribution in [1.82, 2.24) is 4.72 Å². The standard InChI is InChI=1S/C25H20ClNO4S/c1-31-15-6-10-22(26)21(12-15)18-4-2-3-17-16(8-9-19(17)18)14-5-7-20(23(28)11-14)24-13-25(29)27-32(24)30/h2-7,10-13,16,28H,8-9H2,1H3,(H,27,29)/t16-,32?/m1/s1. The van der Waals surface area contributed by atoms with Crippen molar-refractivity contribution in [3.63, 3.8) is 0 Å². The Balaban J connectivity index is 1.53. The molecule has 0 radical (unpaired) electrons. The highest BCUT2D eigenvalue weighted by Crippen LogP contribution is 2.45. The number of fused-ring (bicyclic) bond motifs is 1. The summed E-state index contributed by atoms with van der Waals surface area (Å²) in [4.78, 5) is 11.8. The van der Waals surface area contributed by atoms with Crippen molar-refractivity contribution in [3.05, 3.63) is 87.9 Å². The lowest BCUT2D eigenvalue weighted by atomic mass is 9.90. The molecule has 1 amide bonds. The molecule has 1 aliphatic heterocycles. The Morgan fingerprint density at radius 3 is 2.66 bits per heavy atom. The maximum Gasteiger partial charge on any atom is 0.257 e. The van der Waals surface area contributed by atoms with Crippen LogP contribution in [0.1, 0.15) is 34.6 Å². The second kappa shape index (κ2) is 8.11. The number of carbonyl (C=O) groups is 1. The van der Waals surface area contributed by atoms with E-state index in [2.05, 4.69) is 16.9 Å². The molecular formula is C25H20ClNO4S. The molecule has 2 atom stereocenters. The number of phenolic OH excluding ortho intramolecular Hbond substituents is 1. The first-order valence-corrected chi connectivity index (χ1v) is 11.7. The van der Waals surface area contributed by atoms with Gasteiger partial charge in [-0.05, 0) is 65.4 Å². The minimum absolute atomic E-state index is 0.0130. The van der Waals surface area contributed by atoms with Gasteiger partial charge in [0.15, 0.2) is 11.0 Å². The van der Waals surface area contributed by atoms with Gasteiger partial charge in [0.25, 0.3) is 5.91 Å². The van der Waals surface area contributed by atoms with E-state index >= 15 is 0 Å². The number of hydrogen-bond acceptors (Lipinski definition) is 4. The van der Waals surface area contributed by atoms with Crippen LogP contribution in [0.5, 0.6) is 11.5 Å². The highest BCUT2D eigenvalue weighted by atomic mass is 35.5. The van der Waals surface area contributed by atoms with E-state index in [1.165, 1.54) is 17.2 Å². The van der Waals surface area contributed by atoms with Gasteiger partial charge in [-0.25, -0.2) is 4.21 Å². The van der Waals surface area contributed by atoms with E-state index < -0.39 is 16.9 Å². The van der Waals surface area contributed by atoms with E-state index in [9.17, 15) is 14.1 Å². The second-order valence-electron chi connectivity index (χ2n) is 7.83. The Morgan fingerprint density at radius 2 is 1.94 bits per heavy atom. The number of phenols is 1. The lowest BCUT2D eigenvalue weighted by Gasteiger charge is -2.16. The molecule has 0 fully saturated rings. The molecule has 0 saturated heterocycles. The zero-order valence-corrected chi connectivity index (χ0v) is 18.8. The van der Waals surface area contributed by atoms with Gasteiger partial charge in [-0.2, -0.15) is 0 Å². The van der Waals surface area contributed by atoms with Gasteiger partial charge in [-0.15, -0.1) is 0 Å². The van der Waals surface area contributed by atoms with Crippen molar-refractivity contribution < 1.29 is 18.8 Å². The normalized spacial score (nSPS) is 19.4. The zero-order chi connectivity index (χ0) is 22.4. The van der Waals surface area contributed by atoms with Crippen molar-refractivity contribution >= 4 is 33.4 Å². The first kappa shape index (κ1) is 20.8. The molecule has 3 aromatic rings. The van der Waals surface area contributed by atoms with Gasteiger partial charge < -0.3 is 9.84 Å². The largest absolute Gasteiger partial charge is 0.507 e. The zero-order valence-electron chi connectivity index (χ0n) is 17.2. The van der Waals surface area contributed by atoms with Crippen molar-refractivity contribution in [1.29, 1.82) is 0 Å². The number of halogens is 1. The predicted octanol–water partition coefficient (Wildman–Crippen LogP) is 4.93. The third kappa shape index (κ3) is 3.49. The highest BCUT2D eigenvalue weighted by Gasteiger charge is 2.29. The van der Waals surface area contributed by atoms with Crippen LogP contribution in [-0.4, -0.2) is 22.3 Å². The molecule has 0 aromatic heterocycles. The first-order chi connectivity index (χ1) is 15.5. The molecule has 2 aliphatic rings. The van der Waals surface area contributed by atoms with Gasteiger partial charge in [0.2, 0.25) is 0 Å². The Hall–Kier alpha value is -3.09. The summed E-state index contributed by atoms with van der Waals surface area (Å²) in [6.07, 6.45) is 3.06. The van der Waals surface area contributed by atoms with E-state index in [1.807, 2.05) is 30.3 Å². The topological polar surface area (TPSA) is 75.6 Å². The fourth-order valence-electron chi connectivity index (χ4n) is 4.59. The quantitative estimate of drug-likeness (QED) is 0.572. The predicted molar refractivity (Wildman–Crippen MR) is 126 cm³/mol. The number of carbonyl (C=O) groups excluding carboxylic acids is 1. The summed E-state index contributed by atoms with van der Waals surface area (Å²) in [5, 5.41) is 11.3. The average Bonchev–Trinajstić information content (AvgIpc) is 3.36. The van der Waals surface area contributed by atoms with Gasteiger partial charge in [0.05, 0.1) is 12.0 Å². The number of ether oxygens (including phenoxy) is 1. The Labute approximate surface area is 193 Å². The lowest BCUT2D eigenvalue weighted by molar-refractivity contribution is -0.114. The summed E-state index contributed by atoms with van der Waals surface area (Å²) in [6, 6.07) is 17.2. The molecule has 3 aromatic carbocycles. The van der Waals surface area contributed by atoms with E-state index in [1.54, 1.807) is 19.2 Å². The molecular weight excluding hydrogens is 446 g/mol. The monoisotopic (exact) mass is 465 g/mol. The Bertz CT molecular complexity index is 1320. The first-order valence-electron chi connectivity index (χ1n) is 10.2. The number of aromatic hydroxyl groups is 1. The SMILES string of the molecule is COc1ccc(Cl)c(-c2cccc3c2CC[C@@H]3c2ccc(C3=CC(=O)NS3=O)c(O)c2)c1. The second-order valence-corrected chi connectivity index (χ2v) is 9.42. The summed E-state index contributed by atoms with van der Waals surface area (Å²) >= 11 is 6.52. The Morgan fingerprint density at radius 1 is 1.09 bits per heavy atom. The van der Waals surface area contributed by atoms with Crippen LogP contribution in [0.2, 0.25) is 5.02 Å². The van der Waals surface area contributed by atoms with Crippen LogP contribution in [0, 0.1) is 0 Å². The maximum absolute atomic E-state index is 12.1. The van der Waals surface area contributed by atoms with Crippen LogP contribution in [0.25, 0.3) is 16.0 Å². The lowest BCUT2D eigenvalue weighted by Crippen LogP contribution is -2.16. The van der Waals surface area contributed by atoms with Crippen molar-refractivity contribution in [2.45, 2.75) is 18.8 Å². The summed E-state index contributed by atoms with van der Waals surface area (Å²) in [6.45, 7) is 0. The molecule has 0 spiro atoms. The van der Waals surface area contributed by atoms with E-state index in [4.69, 9.17) is 16.3 Å². The molecule has 7 heteroatoms. The van der Waals surface area contributed by atoms with Crippen LogP contribution in [-0.2, 0) is 22.2 Å². The number of rotatable bonds is 4. The number of benzene rings is 3. The van der Waals surface area contributed by atoms with E-state index in [-0.39, 0.29) is 11.7 Å². The van der Waals surface area contributed by atoms with Gasteiger partial charge in [0, 0.05) is 28.1 Å². The highest BCUT2D eigenvalue weighted by molar-refractivity contribution is 7.94. The molecule has 32 heavy (non-hydrogen) atoms. The smallest absolute Gasteiger partial charge is 0.257 e. The van der Waals surface area contributed by atoms with Crippen LogP contribution < -0.4 is 9.46 Å². The number of hydrogen-bond donors (Lipinski definition) is 2. The molecule has 1 unspecified atom stereocenters. The van der Waals surface area contributed by atoms with Crippen molar-refractivity contribution in [3.8, 4) is 22.6 Å². The fourth-order valence-corrected chi connectivity index (χ4v) is 5.75. The van der Waals surface area contributed by atoms with Crippen LogP contribution in [0.3, 0.4) is 0 Å². The molecule has 1 heterocycles. The summed E-state index contributed by atoms with van der Waals surface area (Å²) in [5.74, 6) is 0.468. The number of amides is 1. The number of methoxy groups -OCH3 is 1. The number of nitrogens with one attached hydrogen (secondary N) is 1. The van der Waals surface area contributed by atoms with Crippen molar-refractivity contribution in [2.24, 2.45) is 0 Å². The third-order valence-corrected chi connectivity index (χ3v) is 7.53. The minimum Gasteiger partial charge on any atom is -0.507 e. The van der Waals surface area contributed by atoms with Crippen LogP contribution in [0.4, 0.5) is 0 Å². The molecule has 0 saturated carbocycles. The molecule has 5 nitrogen and oxygen atoms in total. The molecule has 5 rings (SSSR count). The maximum atomic E-state index is 12.1. The molecule has 162 valence electrons. The fraction of sp³-hybridized carbons (Fsp3) is 0.160. The van der Waals surface area contributed by atoms with E-state index in [0.717, 1.165) is 35.3 Å². The summed E-state index contributed by atoms with van der Waals surface area (Å²) in [7, 11) is -0.0107. The van der Waals surface area contributed by atoms with Crippen molar-refractivity contribution in [2.75, 3.05) is 7.11 Å². The van der Waals surface area contributed by atoms with Crippen LogP contribution >= 0.6 is 11.6 Å². The molecule has 2 N–H and O–H groups in total. The van der Waals surface area contributed by atoms with Crippen LogP contribution in [0.15, 0.2) is 60.7 Å². The van der Waals surface area contributed by atoms with Gasteiger partial charge >= 0.3 is 0 Å². The molecule has 1 aliphatic carbocycles. The van der Waals surface area contributed by atoms with E-state index in [0.29, 0.717) is 15.5 Å². The summed E-state index contributed by atoms with van der Waals surface area (Å²) < 4.78 is 19.8. The van der Waals surface area contributed by atoms with Gasteiger partial charge in [-0.3, -0.25) is 9.52 Å².